The number of aromatic nitrogens is 2. The molecule has 0 saturated heterocycles. The van der Waals surface area contributed by atoms with Gasteiger partial charge in [-0.05, 0) is 55.5 Å². The number of nitrogens with zero attached hydrogens (tertiary/aromatic N) is 2. The summed E-state index contributed by atoms with van der Waals surface area (Å²) >= 11 is 10.9. The van der Waals surface area contributed by atoms with Crippen molar-refractivity contribution in [3.05, 3.63) is 68.6 Å². The average Bonchev–Trinajstić information content (AvgIpc) is 3.24. The minimum Gasteiger partial charge on any atom is -0.495 e. The van der Waals surface area contributed by atoms with Crippen molar-refractivity contribution in [1.82, 2.24) is 9.78 Å². The van der Waals surface area contributed by atoms with Gasteiger partial charge < -0.3 is 10.1 Å². The van der Waals surface area contributed by atoms with Gasteiger partial charge in [0.25, 0.3) is 5.91 Å². The second-order valence-corrected chi connectivity index (χ2v) is 8.48. The van der Waals surface area contributed by atoms with E-state index in [-0.39, 0.29) is 5.91 Å². The van der Waals surface area contributed by atoms with Gasteiger partial charge in [0.2, 0.25) is 0 Å². The van der Waals surface area contributed by atoms with E-state index in [4.69, 9.17) is 16.3 Å². The molecule has 0 saturated carbocycles. The van der Waals surface area contributed by atoms with Crippen molar-refractivity contribution in [1.29, 1.82) is 0 Å². The van der Waals surface area contributed by atoms with Gasteiger partial charge in [0.05, 0.1) is 29.1 Å². The number of thiophene rings is 1. The maximum Gasteiger partial charge on any atom is 0.265 e. The normalized spacial score (nSPS) is 11.0. The number of benzene rings is 2. The fourth-order valence-corrected chi connectivity index (χ4v) is 4.39. The summed E-state index contributed by atoms with van der Waals surface area (Å²) < 4.78 is 8.16. The van der Waals surface area contributed by atoms with E-state index < -0.39 is 0 Å². The zero-order valence-corrected chi connectivity index (χ0v) is 18.2. The van der Waals surface area contributed by atoms with E-state index in [2.05, 4.69) is 26.3 Å². The molecule has 142 valence electrons. The Labute approximate surface area is 179 Å². The van der Waals surface area contributed by atoms with Crippen molar-refractivity contribution < 1.29 is 9.53 Å². The number of carbonyl (C=O) groups is 1. The van der Waals surface area contributed by atoms with Crippen LogP contribution in [0.3, 0.4) is 0 Å². The molecule has 4 rings (SSSR count). The van der Waals surface area contributed by atoms with Crippen LogP contribution in [-0.2, 0) is 0 Å². The Balaban J connectivity index is 1.70. The summed E-state index contributed by atoms with van der Waals surface area (Å²) in [7, 11) is 1.55. The number of fused-ring (bicyclic) bond motifs is 1. The van der Waals surface area contributed by atoms with Crippen LogP contribution in [-0.4, -0.2) is 22.8 Å². The van der Waals surface area contributed by atoms with Gasteiger partial charge in [-0.3, -0.25) is 4.79 Å². The predicted molar refractivity (Wildman–Crippen MR) is 117 cm³/mol. The first-order valence-corrected chi connectivity index (χ1v) is 10.3. The highest BCUT2D eigenvalue weighted by atomic mass is 79.9. The molecule has 0 aliphatic carbocycles. The summed E-state index contributed by atoms with van der Waals surface area (Å²) in [5.41, 5.74) is 2.34. The van der Waals surface area contributed by atoms with Gasteiger partial charge in [0.1, 0.15) is 10.6 Å². The third-order valence-corrected chi connectivity index (χ3v) is 6.12. The molecule has 2 aromatic heterocycles. The van der Waals surface area contributed by atoms with Crippen molar-refractivity contribution in [2.24, 2.45) is 0 Å². The number of rotatable bonds is 4. The summed E-state index contributed by atoms with van der Waals surface area (Å²) in [6.45, 7) is 1.94. The van der Waals surface area contributed by atoms with Gasteiger partial charge in [0.15, 0.2) is 0 Å². The van der Waals surface area contributed by atoms with E-state index >= 15 is 0 Å². The van der Waals surface area contributed by atoms with E-state index in [1.807, 2.05) is 41.9 Å². The van der Waals surface area contributed by atoms with Crippen LogP contribution in [0.2, 0.25) is 5.02 Å². The fourth-order valence-electron chi connectivity index (χ4n) is 2.88. The molecule has 0 fully saturated rings. The third-order valence-electron chi connectivity index (χ3n) is 4.25. The van der Waals surface area contributed by atoms with E-state index in [1.165, 1.54) is 11.3 Å². The SMILES string of the molecule is COc1ccc(Cl)cc1NC(=O)c1cc2c(C)nn(-c3ccc(Br)cc3)c2s1. The minimum absolute atomic E-state index is 0.219. The lowest BCUT2D eigenvalue weighted by atomic mass is 10.2. The molecule has 0 atom stereocenters. The molecule has 5 nitrogen and oxygen atoms in total. The van der Waals surface area contributed by atoms with Gasteiger partial charge in [-0.15, -0.1) is 11.3 Å². The van der Waals surface area contributed by atoms with Crippen molar-refractivity contribution >= 4 is 60.7 Å². The summed E-state index contributed by atoms with van der Waals surface area (Å²) in [6.07, 6.45) is 0. The molecule has 0 spiro atoms. The van der Waals surface area contributed by atoms with Gasteiger partial charge in [-0.2, -0.15) is 5.10 Å². The maximum atomic E-state index is 12.8. The molecule has 8 heteroatoms. The minimum atomic E-state index is -0.219. The molecule has 0 bridgehead atoms. The molecular weight excluding hydrogens is 462 g/mol. The summed E-state index contributed by atoms with van der Waals surface area (Å²) in [6, 6.07) is 14.8. The van der Waals surface area contributed by atoms with Crippen LogP contribution in [0.25, 0.3) is 15.9 Å². The van der Waals surface area contributed by atoms with Crippen LogP contribution < -0.4 is 10.1 Å². The monoisotopic (exact) mass is 475 g/mol. The largest absolute Gasteiger partial charge is 0.495 e. The van der Waals surface area contributed by atoms with Crippen LogP contribution in [0.4, 0.5) is 5.69 Å². The first kappa shape index (κ1) is 19.0. The molecule has 2 heterocycles. The van der Waals surface area contributed by atoms with Crippen LogP contribution in [0.15, 0.2) is 53.0 Å². The molecule has 4 aromatic rings. The lowest BCUT2D eigenvalue weighted by Gasteiger charge is -2.09. The number of hydrogen-bond acceptors (Lipinski definition) is 4. The smallest absolute Gasteiger partial charge is 0.265 e. The summed E-state index contributed by atoms with van der Waals surface area (Å²) in [5, 5.41) is 8.97. The van der Waals surface area contributed by atoms with Gasteiger partial charge in [-0.25, -0.2) is 4.68 Å². The Morgan fingerprint density at radius 1 is 1.21 bits per heavy atom. The molecule has 0 unspecified atom stereocenters. The molecule has 0 aliphatic rings. The number of carbonyl (C=O) groups excluding carboxylic acids is 1. The van der Waals surface area contributed by atoms with Crippen molar-refractivity contribution in [3.8, 4) is 11.4 Å². The lowest BCUT2D eigenvalue weighted by Crippen LogP contribution is -2.11. The highest BCUT2D eigenvalue weighted by Gasteiger charge is 2.18. The van der Waals surface area contributed by atoms with Crippen LogP contribution >= 0.6 is 38.9 Å². The van der Waals surface area contributed by atoms with Gasteiger partial charge in [-0.1, -0.05) is 27.5 Å². The van der Waals surface area contributed by atoms with Crippen molar-refractivity contribution in [2.45, 2.75) is 6.92 Å². The Hall–Kier alpha value is -2.35. The van der Waals surface area contributed by atoms with E-state index in [1.54, 1.807) is 25.3 Å². The highest BCUT2D eigenvalue weighted by molar-refractivity contribution is 9.10. The number of methoxy groups -OCH3 is 1. The van der Waals surface area contributed by atoms with E-state index in [9.17, 15) is 4.79 Å². The number of aryl methyl sites for hydroxylation is 1. The second-order valence-electron chi connectivity index (χ2n) is 6.10. The average molecular weight is 477 g/mol. The number of ether oxygens (including phenoxy) is 1. The maximum absolute atomic E-state index is 12.8. The highest BCUT2D eigenvalue weighted by Crippen LogP contribution is 2.33. The lowest BCUT2D eigenvalue weighted by molar-refractivity contribution is 0.103. The second kappa shape index (κ2) is 7.58. The molecule has 1 N–H and O–H groups in total. The zero-order chi connectivity index (χ0) is 19.8. The van der Waals surface area contributed by atoms with E-state index in [0.717, 1.165) is 26.1 Å². The van der Waals surface area contributed by atoms with Gasteiger partial charge >= 0.3 is 0 Å². The summed E-state index contributed by atoms with van der Waals surface area (Å²) in [5.74, 6) is 0.333. The Morgan fingerprint density at radius 2 is 1.96 bits per heavy atom. The summed E-state index contributed by atoms with van der Waals surface area (Å²) in [4.78, 5) is 14.3. The van der Waals surface area contributed by atoms with Gasteiger partial charge in [0, 0.05) is 14.9 Å². The van der Waals surface area contributed by atoms with Crippen LogP contribution in [0.1, 0.15) is 15.4 Å². The molecule has 28 heavy (non-hydrogen) atoms. The number of nitrogens with one attached hydrogen (secondary N) is 1. The zero-order valence-electron chi connectivity index (χ0n) is 15.0. The molecule has 1 amide bonds. The van der Waals surface area contributed by atoms with Crippen molar-refractivity contribution in [2.75, 3.05) is 12.4 Å². The Kier molecular flexibility index (Phi) is 5.14. The number of amides is 1. The molecule has 0 aliphatic heterocycles. The van der Waals surface area contributed by atoms with Crippen molar-refractivity contribution in [3.63, 3.8) is 0 Å². The number of halogens is 2. The third kappa shape index (κ3) is 3.53. The molecular formula is C20H15BrClN3O2S. The molecule has 2 aromatic carbocycles. The standard InChI is InChI=1S/C20H15BrClN3O2S/c1-11-15-10-18(19(26)23-16-9-13(22)5-8-17(16)27-2)28-20(15)25(24-11)14-6-3-12(21)4-7-14/h3-10H,1-2H3,(H,23,26). The Bertz CT molecular complexity index is 1180. The number of anilines is 1. The predicted octanol–water partition coefficient (Wildman–Crippen LogP) is 6.07. The quantitative estimate of drug-likeness (QED) is 0.389. The molecule has 0 radical (unpaired) electrons. The Morgan fingerprint density at radius 3 is 2.68 bits per heavy atom. The van der Waals surface area contributed by atoms with Crippen LogP contribution in [0, 0.1) is 6.92 Å². The van der Waals surface area contributed by atoms with E-state index in [0.29, 0.717) is 21.3 Å². The first-order chi connectivity index (χ1) is 13.5. The fraction of sp³-hybridized carbons (Fsp3) is 0.100. The first-order valence-electron chi connectivity index (χ1n) is 8.36. The number of hydrogen-bond donors (Lipinski definition) is 1. The topological polar surface area (TPSA) is 56.1 Å². The van der Waals surface area contributed by atoms with Crippen LogP contribution in [0.5, 0.6) is 5.75 Å².